The van der Waals surface area contributed by atoms with Crippen molar-refractivity contribution in [2.45, 2.75) is 31.8 Å². The molecule has 0 bridgehead atoms. The Bertz CT molecular complexity index is 1080. The van der Waals surface area contributed by atoms with Crippen LogP contribution >= 0.6 is 0 Å². The van der Waals surface area contributed by atoms with Gasteiger partial charge < -0.3 is 19.3 Å². The third kappa shape index (κ3) is 4.54. The summed E-state index contributed by atoms with van der Waals surface area (Å²) in [5.41, 5.74) is 0.567. The number of hydrogen-bond donors (Lipinski definition) is 0. The summed E-state index contributed by atoms with van der Waals surface area (Å²) in [6, 6.07) is 7.35. The lowest BCUT2D eigenvalue weighted by atomic mass is 10.0. The molecule has 0 aliphatic carbocycles. The van der Waals surface area contributed by atoms with Crippen molar-refractivity contribution in [3.05, 3.63) is 47.5 Å². The summed E-state index contributed by atoms with van der Waals surface area (Å²) in [6.45, 7) is 4.85. The number of hydrogen-bond acceptors (Lipinski definition) is 7. The van der Waals surface area contributed by atoms with E-state index in [0.29, 0.717) is 30.5 Å². The second kappa shape index (κ2) is 9.17. The molecule has 10 heteroatoms. The summed E-state index contributed by atoms with van der Waals surface area (Å²) in [5, 5.41) is 0. The fraction of sp³-hybridized carbons (Fsp3) is 0.500. The quantitative estimate of drug-likeness (QED) is 0.683. The number of halogens is 1. The summed E-state index contributed by atoms with van der Waals surface area (Å²) in [5.74, 6) is -0.0480. The largest absolute Gasteiger partial charge is 0.436 e. The maximum absolute atomic E-state index is 13.5. The minimum absolute atomic E-state index is 0.169. The maximum Gasteiger partial charge on any atom is 0.415 e. The smallest absolute Gasteiger partial charge is 0.415 e. The van der Waals surface area contributed by atoms with E-state index in [9.17, 15) is 14.0 Å². The van der Waals surface area contributed by atoms with Crippen molar-refractivity contribution in [1.82, 2.24) is 14.9 Å². The summed E-state index contributed by atoms with van der Waals surface area (Å²) in [4.78, 5) is 40.5. The maximum atomic E-state index is 13.5. The van der Waals surface area contributed by atoms with Crippen LogP contribution in [0.3, 0.4) is 0 Å². The van der Waals surface area contributed by atoms with Crippen molar-refractivity contribution in [3.8, 4) is 0 Å². The van der Waals surface area contributed by atoms with Crippen molar-refractivity contribution in [2.75, 3.05) is 55.7 Å². The van der Waals surface area contributed by atoms with E-state index in [1.54, 1.807) is 11.0 Å². The Kier molecular flexibility index (Phi) is 6.07. The summed E-state index contributed by atoms with van der Waals surface area (Å²) < 4.78 is 24.8. The monoisotopic (exact) mass is 469 g/mol. The van der Waals surface area contributed by atoms with Crippen molar-refractivity contribution >= 4 is 23.6 Å². The van der Waals surface area contributed by atoms with Crippen LogP contribution in [0.1, 0.15) is 35.4 Å². The summed E-state index contributed by atoms with van der Waals surface area (Å²) in [6.07, 6.45) is 2.82. The van der Waals surface area contributed by atoms with Gasteiger partial charge in [-0.25, -0.2) is 19.2 Å². The SMILES string of the molecule is Cc1cc(C(=O)N2CCOC[C@]3(C2)CN(c2ccc(F)cc2)C(=O)O3)nc(N2CCCCC2)n1. The van der Waals surface area contributed by atoms with Gasteiger partial charge >= 0.3 is 6.09 Å². The van der Waals surface area contributed by atoms with Crippen LogP contribution in [-0.4, -0.2) is 78.4 Å². The van der Waals surface area contributed by atoms with Gasteiger partial charge in [-0.05, 0) is 56.5 Å². The van der Waals surface area contributed by atoms with E-state index >= 15 is 0 Å². The lowest BCUT2D eigenvalue weighted by Gasteiger charge is -2.30. The van der Waals surface area contributed by atoms with Gasteiger partial charge in [-0.1, -0.05) is 0 Å². The number of amides is 2. The van der Waals surface area contributed by atoms with Crippen molar-refractivity contribution in [2.24, 2.45) is 0 Å². The Morgan fingerprint density at radius 3 is 2.59 bits per heavy atom. The third-order valence-electron chi connectivity index (χ3n) is 6.45. The fourth-order valence-corrected chi connectivity index (χ4v) is 4.74. The highest BCUT2D eigenvalue weighted by molar-refractivity contribution is 5.93. The van der Waals surface area contributed by atoms with Gasteiger partial charge in [0.15, 0.2) is 5.60 Å². The number of benzene rings is 1. The van der Waals surface area contributed by atoms with E-state index in [1.807, 2.05) is 6.92 Å². The molecule has 4 heterocycles. The van der Waals surface area contributed by atoms with E-state index in [1.165, 1.54) is 35.6 Å². The van der Waals surface area contributed by atoms with Crippen LogP contribution in [0.25, 0.3) is 0 Å². The molecule has 1 aromatic carbocycles. The fourth-order valence-electron chi connectivity index (χ4n) is 4.74. The molecule has 9 nitrogen and oxygen atoms in total. The molecule has 2 aromatic rings. The first-order valence-corrected chi connectivity index (χ1v) is 11.7. The van der Waals surface area contributed by atoms with Gasteiger partial charge in [-0.3, -0.25) is 9.69 Å². The first-order valence-electron chi connectivity index (χ1n) is 11.7. The Labute approximate surface area is 197 Å². The third-order valence-corrected chi connectivity index (χ3v) is 6.45. The molecular formula is C24H28FN5O4. The van der Waals surface area contributed by atoms with E-state index in [-0.39, 0.29) is 31.4 Å². The van der Waals surface area contributed by atoms with E-state index < -0.39 is 11.7 Å². The normalized spacial score (nSPS) is 23.2. The zero-order valence-electron chi connectivity index (χ0n) is 19.2. The van der Waals surface area contributed by atoms with Gasteiger partial charge in [0.05, 0.1) is 26.3 Å². The van der Waals surface area contributed by atoms with Crippen LogP contribution in [0.2, 0.25) is 0 Å². The number of piperidine rings is 1. The lowest BCUT2D eigenvalue weighted by Crippen LogP contribution is -2.49. The molecule has 3 saturated heterocycles. The molecule has 1 atom stereocenters. The molecule has 0 radical (unpaired) electrons. The van der Waals surface area contributed by atoms with Gasteiger partial charge in [-0.15, -0.1) is 0 Å². The molecule has 34 heavy (non-hydrogen) atoms. The van der Waals surface area contributed by atoms with Crippen LogP contribution < -0.4 is 9.80 Å². The minimum Gasteiger partial charge on any atom is -0.436 e. The minimum atomic E-state index is -1.02. The Balaban J connectivity index is 1.36. The Morgan fingerprint density at radius 2 is 1.82 bits per heavy atom. The lowest BCUT2D eigenvalue weighted by molar-refractivity contribution is -0.0140. The molecule has 1 aromatic heterocycles. The number of aromatic nitrogens is 2. The molecule has 0 saturated carbocycles. The molecule has 3 aliphatic heterocycles. The molecule has 0 N–H and O–H groups in total. The predicted octanol–water partition coefficient (Wildman–Crippen LogP) is 2.78. The van der Waals surface area contributed by atoms with Gasteiger partial charge in [0.1, 0.15) is 11.5 Å². The van der Waals surface area contributed by atoms with E-state index in [0.717, 1.165) is 31.6 Å². The zero-order valence-corrected chi connectivity index (χ0v) is 19.2. The molecule has 3 fully saturated rings. The Morgan fingerprint density at radius 1 is 1.06 bits per heavy atom. The van der Waals surface area contributed by atoms with Gasteiger partial charge in [0.2, 0.25) is 5.95 Å². The zero-order chi connectivity index (χ0) is 23.7. The van der Waals surface area contributed by atoms with E-state index in [2.05, 4.69) is 14.9 Å². The Hall–Kier alpha value is -3.27. The van der Waals surface area contributed by atoms with Gasteiger partial charge in [0.25, 0.3) is 5.91 Å². The second-order valence-corrected chi connectivity index (χ2v) is 9.14. The number of ether oxygens (including phenoxy) is 2. The summed E-state index contributed by atoms with van der Waals surface area (Å²) in [7, 11) is 0. The van der Waals surface area contributed by atoms with Crippen LogP contribution in [-0.2, 0) is 9.47 Å². The number of anilines is 2. The molecular weight excluding hydrogens is 441 g/mol. The molecule has 1 spiro atoms. The number of carbonyl (C=O) groups excluding carboxylic acids is 2. The van der Waals surface area contributed by atoms with Crippen molar-refractivity contribution in [3.63, 3.8) is 0 Å². The molecule has 0 unspecified atom stereocenters. The predicted molar refractivity (Wildman–Crippen MR) is 123 cm³/mol. The molecule has 5 rings (SSSR count). The highest BCUT2D eigenvalue weighted by Gasteiger charge is 2.49. The number of aryl methyl sites for hydroxylation is 1. The number of carbonyl (C=O) groups is 2. The standard InChI is InChI=1S/C24H28FN5O4/c1-17-13-20(27-22(26-17)28-9-3-2-4-10-28)21(31)29-11-12-33-16-24(14-29)15-30(23(32)34-24)19-7-5-18(25)6-8-19/h5-8,13H,2-4,9-12,14-16H2,1H3/t24-/m0/s1. The van der Waals surface area contributed by atoms with Crippen LogP contribution in [0, 0.1) is 12.7 Å². The van der Waals surface area contributed by atoms with Crippen LogP contribution in [0.5, 0.6) is 0 Å². The topological polar surface area (TPSA) is 88.1 Å². The summed E-state index contributed by atoms with van der Waals surface area (Å²) >= 11 is 0. The van der Waals surface area contributed by atoms with Crippen molar-refractivity contribution < 1.29 is 23.5 Å². The first-order chi connectivity index (χ1) is 16.4. The average molecular weight is 470 g/mol. The van der Waals surface area contributed by atoms with Crippen LogP contribution in [0.4, 0.5) is 20.8 Å². The highest BCUT2D eigenvalue weighted by Crippen LogP contribution is 2.31. The number of nitrogens with zero attached hydrogens (tertiary/aromatic N) is 5. The highest BCUT2D eigenvalue weighted by atomic mass is 19.1. The van der Waals surface area contributed by atoms with Crippen molar-refractivity contribution in [1.29, 1.82) is 0 Å². The first kappa shape index (κ1) is 22.5. The van der Waals surface area contributed by atoms with Crippen LogP contribution in [0.15, 0.2) is 30.3 Å². The molecule has 3 aliphatic rings. The second-order valence-electron chi connectivity index (χ2n) is 9.14. The number of rotatable bonds is 3. The molecule has 2 amide bonds. The van der Waals surface area contributed by atoms with Gasteiger partial charge in [0, 0.05) is 31.0 Å². The molecule has 180 valence electrons. The average Bonchev–Trinajstić information content (AvgIpc) is 3.02. The van der Waals surface area contributed by atoms with E-state index in [4.69, 9.17) is 9.47 Å². The van der Waals surface area contributed by atoms with Gasteiger partial charge in [-0.2, -0.15) is 0 Å².